The molecule has 2 heterocycles. The van der Waals surface area contributed by atoms with Crippen LogP contribution in [0.4, 0.5) is 4.39 Å². The van der Waals surface area contributed by atoms with Gasteiger partial charge in [-0.3, -0.25) is 0 Å². The Morgan fingerprint density at radius 2 is 2.04 bits per heavy atom. The molecule has 0 N–H and O–H groups in total. The highest BCUT2D eigenvalue weighted by molar-refractivity contribution is 6.31. The molecule has 0 aliphatic carbocycles. The number of rotatable bonds is 3. The van der Waals surface area contributed by atoms with Crippen LogP contribution in [0.5, 0.6) is 0 Å². The Labute approximate surface area is 137 Å². The molecule has 3 aromatic rings. The van der Waals surface area contributed by atoms with Crippen LogP contribution in [0.25, 0.3) is 5.65 Å². The fraction of sp³-hybridized carbons (Fsp3) is 0.312. The van der Waals surface area contributed by atoms with Crippen LogP contribution in [0.1, 0.15) is 36.8 Å². The normalized spacial score (nSPS) is 11.6. The number of halogens is 2. The van der Waals surface area contributed by atoms with Crippen molar-refractivity contribution >= 4 is 17.2 Å². The summed E-state index contributed by atoms with van der Waals surface area (Å²) in [5.41, 5.74) is 1.70. The van der Waals surface area contributed by atoms with E-state index >= 15 is 0 Å². The summed E-state index contributed by atoms with van der Waals surface area (Å²) >= 11 is 6.04. The van der Waals surface area contributed by atoms with Gasteiger partial charge in [-0.05, 0) is 24.6 Å². The van der Waals surface area contributed by atoms with Gasteiger partial charge in [0.2, 0.25) is 0 Å². The standard InChI is InChI=1S/C16H16ClFN4O/c1-9(2)15-19-10(3)6-14-20-21(16(23)22(14)15)8-11-4-5-12(18)7-13(11)17/h4-7,9H,8H2,1-3H3. The predicted octanol–water partition coefficient (Wildman–Crippen LogP) is 3.16. The molecule has 1 aromatic carbocycles. The molecule has 0 saturated carbocycles. The molecule has 0 saturated heterocycles. The van der Waals surface area contributed by atoms with Crippen LogP contribution in [0, 0.1) is 12.7 Å². The summed E-state index contributed by atoms with van der Waals surface area (Å²) in [7, 11) is 0. The summed E-state index contributed by atoms with van der Waals surface area (Å²) in [4.78, 5) is 17.1. The van der Waals surface area contributed by atoms with Gasteiger partial charge in [-0.25, -0.2) is 23.3 Å². The summed E-state index contributed by atoms with van der Waals surface area (Å²) in [5.74, 6) is 0.339. The van der Waals surface area contributed by atoms with E-state index in [0.717, 1.165) is 5.69 Å². The van der Waals surface area contributed by atoms with Crippen molar-refractivity contribution in [2.45, 2.75) is 33.2 Å². The molecule has 120 valence electrons. The van der Waals surface area contributed by atoms with Crippen LogP contribution < -0.4 is 5.69 Å². The van der Waals surface area contributed by atoms with Crippen molar-refractivity contribution in [1.82, 2.24) is 19.2 Å². The largest absolute Gasteiger partial charge is 0.352 e. The molecule has 7 heteroatoms. The molecule has 0 atom stereocenters. The number of aromatic nitrogens is 4. The molecule has 2 aromatic heterocycles. The lowest BCUT2D eigenvalue weighted by Crippen LogP contribution is -2.24. The topological polar surface area (TPSA) is 52.2 Å². The Balaban J connectivity index is 2.14. The second-order valence-electron chi connectivity index (χ2n) is 5.78. The molecule has 0 radical (unpaired) electrons. The highest BCUT2D eigenvalue weighted by atomic mass is 35.5. The zero-order chi connectivity index (χ0) is 16.7. The van der Waals surface area contributed by atoms with Gasteiger partial charge in [0.1, 0.15) is 11.6 Å². The predicted molar refractivity (Wildman–Crippen MR) is 86.6 cm³/mol. The molecule has 0 bridgehead atoms. The highest BCUT2D eigenvalue weighted by Crippen LogP contribution is 2.18. The van der Waals surface area contributed by atoms with Gasteiger partial charge < -0.3 is 0 Å². The lowest BCUT2D eigenvalue weighted by Gasteiger charge is -2.07. The molecular weight excluding hydrogens is 319 g/mol. The third-order valence-corrected chi connectivity index (χ3v) is 3.93. The minimum atomic E-state index is -0.414. The van der Waals surface area contributed by atoms with Gasteiger partial charge in [0, 0.05) is 22.7 Å². The minimum Gasteiger partial charge on any atom is -0.245 e. The molecule has 0 unspecified atom stereocenters. The molecule has 0 amide bonds. The van der Waals surface area contributed by atoms with Gasteiger partial charge >= 0.3 is 5.69 Å². The Morgan fingerprint density at radius 1 is 1.30 bits per heavy atom. The van der Waals surface area contributed by atoms with Crippen LogP contribution in [0.15, 0.2) is 29.1 Å². The molecule has 0 fully saturated rings. The number of benzene rings is 1. The van der Waals surface area contributed by atoms with Crippen LogP contribution in [-0.2, 0) is 6.54 Å². The zero-order valence-electron chi connectivity index (χ0n) is 13.0. The van der Waals surface area contributed by atoms with E-state index in [0.29, 0.717) is 17.0 Å². The molecule has 0 spiro atoms. The SMILES string of the molecule is Cc1cc2nn(Cc3ccc(F)cc3Cl)c(=O)n2c(C(C)C)n1. The average Bonchev–Trinajstić information content (AvgIpc) is 2.77. The van der Waals surface area contributed by atoms with Crippen molar-refractivity contribution in [3.63, 3.8) is 0 Å². The van der Waals surface area contributed by atoms with E-state index < -0.39 is 5.82 Å². The lowest BCUT2D eigenvalue weighted by molar-refractivity contribution is 0.621. The highest BCUT2D eigenvalue weighted by Gasteiger charge is 2.16. The zero-order valence-corrected chi connectivity index (χ0v) is 13.8. The summed E-state index contributed by atoms with van der Waals surface area (Å²) in [6, 6.07) is 5.85. The average molecular weight is 335 g/mol. The number of aryl methyl sites for hydroxylation is 1. The molecule has 0 aliphatic heterocycles. The fourth-order valence-corrected chi connectivity index (χ4v) is 2.71. The van der Waals surface area contributed by atoms with Crippen LogP contribution >= 0.6 is 11.6 Å². The Hall–Kier alpha value is -2.21. The second-order valence-corrected chi connectivity index (χ2v) is 6.19. The van der Waals surface area contributed by atoms with Gasteiger partial charge in [-0.15, -0.1) is 5.10 Å². The van der Waals surface area contributed by atoms with E-state index in [1.807, 2.05) is 20.8 Å². The van der Waals surface area contributed by atoms with Crippen LogP contribution in [-0.4, -0.2) is 19.2 Å². The first-order valence-electron chi connectivity index (χ1n) is 7.28. The maximum absolute atomic E-state index is 13.1. The van der Waals surface area contributed by atoms with Crippen molar-refractivity contribution in [2.75, 3.05) is 0 Å². The first kappa shape index (κ1) is 15.7. The molecule has 5 nitrogen and oxygen atoms in total. The number of hydrogen-bond donors (Lipinski definition) is 0. The van der Waals surface area contributed by atoms with Crippen LogP contribution in [0.2, 0.25) is 5.02 Å². The van der Waals surface area contributed by atoms with E-state index in [2.05, 4.69) is 10.1 Å². The monoisotopic (exact) mass is 334 g/mol. The lowest BCUT2D eigenvalue weighted by atomic mass is 10.2. The summed E-state index contributed by atoms with van der Waals surface area (Å²) in [5, 5.41) is 4.62. The summed E-state index contributed by atoms with van der Waals surface area (Å²) in [6.07, 6.45) is 0. The maximum atomic E-state index is 13.1. The molecule has 23 heavy (non-hydrogen) atoms. The third-order valence-electron chi connectivity index (χ3n) is 3.57. The summed E-state index contributed by atoms with van der Waals surface area (Å²) < 4.78 is 16.0. The van der Waals surface area contributed by atoms with Crippen LogP contribution in [0.3, 0.4) is 0 Å². The van der Waals surface area contributed by atoms with E-state index in [9.17, 15) is 9.18 Å². The van der Waals surface area contributed by atoms with Crippen molar-refractivity contribution < 1.29 is 4.39 Å². The quantitative estimate of drug-likeness (QED) is 0.739. The maximum Gasteiger partial charge on any atom is 0.352 e. The van der Waals surface area contributed by atoms with Gasteiger partial charge in [-0.1, -0.05) is 31.5 Å². The van der Waals surface area contributed by atoms with Gasteiger partial charge in [0.15, 0.2) is 5.65 Å². The fourth-order valence-electron chi connectivity index (χ4n) is 2.48. The number of hydrogen-bond acceptors (Lipinski definition) is 3. The van der Waals surface area contributed by atoms with E-state index in [4.69, 9.17) is 11.6 Å². The smallest absolute Gasteiger partial charge is 0.245 e. The van der Waals surface area contributed by atoms with Gasteiger partial charge in [0.05, 0.1) is 6.54 Å². The minimum absolute atomic E-state index is 0.0853. The molecule has 0 aliphatic rings. The van der Waals surface area contributed by atoms with Crippen molar-refractivity contribution in [2.24, 2.45) is 0 Å². The third kappa shape index (κ3) is 2.86. The Bertz CT molecular complexity index is 945. The van der Waals surface area contributed by atoms with Crippen molar-refractivity contribution in [3.05, 3.63) is 62.7 Å². The number of fused-ring (bicyclic) bond motifs is 1. The molecular formula is C16H16ClFN4O. The van der Waals surface area contributed by atoms with E-state index in [1.165, 1.54) is 21.2 Å². The Morgan fingerprint density at radius 3 is 2.70 bits per heavy atom. The first-order valence-corrected chi connectivity index (χ1v) is 7.65. The van der Waals surface area contributed by atoms with Crippen molar-refractivity contribution in [3.8, 4) is 0 Å². The Kier molecular flexibility index (Phi) is 3.93. The second kappa shape index (κ2) is 5.77. The summed E-state index contributed by atoms with van der Waals surface area (Å²) in [6.45, 7) is 5.99. The van der Waals surface area contributed by atoms with Gasteiger partial charge in [-0.2, -0.15) is 0 Å². The van der Waals surface area contributed by atoms with E-state index in [1.54, 1.807) is 12.1 Å². The van der Waals surface area contributed by atoms with Crippen molar-refractivity contribution in [1.29, 1.82) is 0 Å². The molecule has 3 rings (SSSR count). The van der Waals surface area contributed by atoms with Gasteiger partial charge in [0.25, 0.3) is 0 Å². The van der Waals surface area contributed by atoms with E-state index in [-0.39, 0.29) is 23.2 Å². The number of nitrogens with zero attached hydrogens (tertiary/aromatic N) is 4. The first-order chi connectivity index (χ1) is 10.9.